The number of likely N-dealkylation sites (N-methyl/N-ethyl adjacent to an activating group) is 1. The summed E-state index contributed by atoms with van der Waals surface area (Å²) in [7, 11) is 1.52. The number of nitrogens with one attached hydrogen (secondary N) is 2. The molecule has 1 heterocycles. The van der Waals surface area contributed by atoms with Gasteiger partial charge in [0.25, 0.3) is 0 Å². The van der Waals surface area contributed by atoms with Crippen LogP contribution < -0.4 is 10.6 Å². The molecule has 0 radical (unpaired) electrons. The zero-order valence-electron chi connectivity index (χ0n) is 10.2. The van der Waals surface area contributed by atoms with E-state index in [9.17, 15) is 9.59 Å². The van der Waals surface area contributed by atoms with Crippen molar-refractivity contribution >= 4 is 28.6 Å². The minimum atomic E-state index is -1.21. The van der Waals surface area contributed by atoms with Gasteiger partial charge in [0, 0.05) is 12.4 Å². The first-order valence-electron chi connectivity index (χ1n) is 5.56. The summed E-state index contributed by atoms with van der Waals surface area (Å²) in [5.74, 6) is -1.42. The zero-order chi connectivity index (χ0) is 13.8. The summed E-state index contributed by atoms with van der Waals surface area (Å²) in [6, 6.07) is 6.99. The van der Waals surface area contributed by atoms with Gasteiger partial charge in [0.2, 0.25) is 11.7 Å². The van der Waals surface area contributed by atoms with Gasteiger partial charge >= 0.3 is 5.97 Å². The maximum Gasteiger partial charge on any atom is 0.374 e. The van der Waals surface area contributed by atoms with Gasteiger partial charge in [0.15, 0.2) is 0 Å². The predicted octanol–water partition coefficient (Wildman–Crippen LogP) is 0.486. The van der Waals surface area contributed by atoms with Gasteiger partial charge in [0.1, 0.15) is 5.82 Å². The monoisotopic (exact) mass is 260 g/mol. The Bertz CT molecular complexity index is 642. The smallest absolute Gasteiger partial charge is 0.374 e. The number of carbonyl (C=O) groups excluding carboxylic acids is 1. The Labute approximate surface area is 108 Å². The molecule has 1 aromatic heterocycles. The molecule has 0 unspecified atom stereocenters. The van der Waals surface area contributed by atoms with Gasteiger partial charge in [0.05, 0.1) is 12.1 Å². The summed E-state index contributed by atoms with van der Waals surface area (Å²) in [4.78, 5) is 30.0. The van der Waals surface area contributed by atoms with Crippen LogP contribution in [0.1, 0.15) is 10.6 Å². The van der Waals surface area contributed by atoms with Gasteiger partial charge in [-0.05, 0) is 12.1 Å². The highest BCUT2D eigenvalue weighted by atomic mass is 16.4. The van der Waals surface area contributed by atoms with Crippen LogP contribution in [-0.4, -0.2) is 40.5 Å². The van der Waals surface area contributed by atoms with Crippen LogP contribution in [0.4, 0.5) is 5.82 Å². The summed E-state index contributed by atoms with van der Waals surface area (Å²) in [5, 5.41) is 14.9. The van der Waals surface area contributed by atoms with Crippen molar-refractivity contribution in [3.05, 3.63) is 30.1 Å². The maximum atomic E-state index is 11.2. The molecule has 7 heteroatoms. The Balaban J connectivity index is 2.44. The first-order valence-corrected chi connectivity index (χ1v) is 5.56. The summed E-state index contributed by atoms with van der Waals surface area (Å²) < 4.78 is 0. The Morgan fingerprint density at radius 3 is 2.68 bits per heavy atom. The van der Waals surface area contributed by atoms with Crippen LogP contribution in [0.3, 0.4) is 0 Å². The van der Waals surface area contributed by atoms with Crippen LogP contribution in [0.5, 0.6) is 0 Å². The minimum Gasteiger partial charge on any atom is -0.475 e. The zero-order valence-corrected chi connectivity index (χ0v) is 10.2. The molecule has 0 fully saturated rings. The molecular formula is C12H12N4O3. The number of fused-ring (bicyclic) bond motifs is 1. The standard InChI is InChI=1S/C12H12N4O3/c1-13-9(17)6-14-10-7-4-2-3-5-8(7)15-11(16-10)12(18)19/h2-5H,6H2,1H3,(H,13,17)(H,18,19)(H,14,15,16). The van der Waals surface area contributed by atoms with Crippen molar-refractivity contribution in [2.75, 3.05) is 18.9 Å². The van der Waals surface area contributed by atoms with Crippen molar-refractivity contribution in [3.8, 4) is 0 Å². The predicted molar refractivity (Wildman–Crippen MR) is 69.1 cm³/mol. The second-order valence-corrected chi connectivity index (χ2v) is 3.74. The van der Waals surface area contributed by atoms with E-state index in [1.54, 1.807) is 24.3 Å². The minimum absolute atomic E-state index is 0.0105. The molecule has 0 aliphatic heterocycles. The van der Waals surface area contributed by atoms with Crippen LogP contribution in [0, 0.1) is 0 Å². The Morgan fingerprint density at radius 2 is 2.00 bits per heavy atom. The van der Waals surface area contributed by atoms with Crippen LogP contribution >= 0.6 is 0 Å². The first-order chi connectivity index (χ1) is 9.11. The second-order valence-electron chi connectivity index (χ2n) is 3.74. The average molecular weight is 260 g/mol. The van der Waals surface area contributed by atoms with Crippen molar-refractivity contribution in [2.24, 2.45) is 0 Å². The molecule has 2 rings (SSSR count). The number of anilines is 1. The highest BCUT2D eigenvalue weighted by molar-refractivity contribution is 5.94. The molecule has 0 aliphatic carbocycles. The van der Waals surface area contributed by atoms with Crippen LogP contribution in [-0.2, 0) is 4.79 Å². The fourth-order valence-electron chi connectivity index (χ4n) is 1.56. The number of amides is 1. The third-order valence-corrected chi connectivity index (χ3v) is 2.49. The van der Waals surface area contributed by atoms with Crippen LogP contribution in [0.15, 0.2) is 24.3 Å². The van der Waals surface area contributed by atoms with E-state index in [4.69, 9.17) is 5.11 Å². The van der Waals surface area contributed by atoms with Crippen molar-refractivity contribution in [3.63, 3.8) is 0 Å². The first kappa shape index (κ1) is 12.7. The number of aromatic carboxylic acids is 1. The van der Waals surface area contributed by atoms with E-state index < -0.39 is 5.97 Å². The maximum absolute atomic E-state index is 11.2. The fourth-order valence-corrected chi connectivity index (χ4v) is 1.56. The molecule has 0 saturated heterocycles. The number of benzene rings is 1. The molecule has 7 nitrogen and oxygen atoms in total. The van der Waals surface area contributed by atoms with E-state index in [2.05, 4.69) is 20.6 Å². The third-order valence-electron chi connectivity index (χ3n) is 2.49. The lowest BCUT2D eigenvalue weighted by Crippen LogP contribution is -2.26. The van der Waals surface area contributed by atoms with E-state index >= 15 is 0 Å². The lowest BCUT2D eigenvalue weighted by Gasteiger charge is -2.08. The van der Waals surface area contributed by atoms with Gasteiger partial charge in [-0.25, -0.2) is 14.8 Å². The van der Waals surface area contributed by atoms with Gasteiger partial charge < -0.3 is 15.7 Å². The molecule has 1 amide bonds. The van der Waals surface area contributed by atoms with E-state index in [1.165, 1.54) is 7.05 Å². The Kier molecular flexibility index (Phi) is 3.56. The quantitative estimate of drug-likeness (QED) is 0.738. The number of carbonyl (C=O) groups is 2. The van der Waals surface area contributed by atoms with Crippen molar-refractivity contribution < 1.29 is 14.7 Å². The fraction of sp³-hybridized carbons (Fsp3) is 0.167. The number of carboxylic acids is 1. The molecular weight excluding hydrogens is 248 g/mol. The SMILES string of the molecule is CNC(=O)CNc1nc(C(=O)O)nc2ccccc12. The van der Waals surface area contributed by atoms with Crippen LogP contribution in [0.2, 0.25) is 0 Å². The number of rotatable bonds is 4. The molecule has 98 valence electrons. The summed E-state index contributed by atoms with van der Waals surface area (Å²) in [6.45, 7) is 0.0105. The lowest BCUT2D eigenvalue weighted by molar-refractivity contribution is -0.118. The molecule has 0 aliphatic rings. The summed E-state index contributed by atoms with van der Waals surface area (Å²) in [6.07, 6.45) is 0. The molecule has 19 heavy (non-hydrogen) atoms. The highest BCUT2D eigenvalue weighted by Gasteiger charge is 2.12. The van der Waals surface area contributed by atoms with Gasteiger partial charge in [-0.15, -0.1) is 0 Å². The molecule has 0 atom stereocenters. The number of hydrogen-bond donors (Lipinski definition) is 3. The van der Waals surface area contributed by atoms with E-state index in [0.29, 0.717) is 16.7 Å². The van der Waals surface area contributed by atoms with Gasteiger partial charge in [-0.2, -0.15) is 0 Å². The molecule has 0 saturated carbocycles. The number of hydrogen-bond acceptors (Lipinski definition) is 5. The summed E-state index contributed by atoms with van der Waals surface area (Å²) >= 11 is 0. The Hall–Kier alpha value is -2.70. The average Bonchev–Trinajstić information content (AvgIpc) is 2.43. The normalized spacial score (nSPS) is 10.2. The largest absolute Gasteiger partial charge is 0.475 e. The highest BCUT2D eigenvalue weighted by Crippen LogP contribution is 2.19. The molecule has 3 N–H and O–H groups in total. The molecule has 0 bridgehead atoms. The van der Waals surface area contributed by atoms with Gasteiger partial charge in [-0.1, -0.05) is 12.1 Å². The topological polar surface area (TPSA) is 104 Å². The molecule has 0 spiro atoms. The van der Waals surface area contributed by atoms with Crippen molar-refractivity contribution in [1.82, 2.24) is 15.3 Å². The molecule has 1 aromatic carbocycles. The van der Waals surface area contributed by atoms with Crippen LogP contribution in [0.25, 0.3) is 10.9 Å². The number of carboxylic acid groups (broad SMARTS) is 1. The number of aromatic nitrogens is 2. The van der Waals surface area contributed by atoms with E-state index in [-0.39, 0.29) is 18.3 Å². The van der Waals surface area contributed by atoms with E-state index in [1.807, 2.05) is 0 Å². The van der Waals surface area contributed by atoms with E-state index in [0.717, 1.165) is 0 Å². The lowest BCUT2D eigenvalue weighted by atomic mass is 10.2. The van der Waals surface area contributed by atoms with Gasteiger partial charge in [-0.3, -0.25) is 4.79 Å². The van der Waals surface area contributed by atoms with Crippen molar-refractivity contribution in [2.45, 2.75) is 0 Å². The van der Waals surface area contributed by atoms with Crippen molar-refractivity contribution in [1.29, 1.82) is 0 Å². The molecule has 2 aromatic rings. The number of para-hydroxylation sites is 1. The number of nitrogens with zero attached hydrogens (tertiary/aromatic N) is 2. The summed E-state index contributed by atoms with van der Waals surface area (Å²) in [5.41, 5.74) is 0.509. The Morgan fingerprint density at radius 1 is 1.26 bits per heavy atom. The third kappa shape index (κ3) is 2.76. The second kappa shape index (κ2) is 5.30.